The number of terminal acetylenes is 1. The minimum absolute atomic E-state index is 0.0139. The zero-order valence-electron chi connectivity index (χ0n) is 5.20. The number of hydrogen-bond acceptors (Lipinski definition) is 1. The van der Waals surface area contributed by atoms with Gasteiger partial charge in [-0.25, -0.2) is 0 Å². The van der Waals surface area contributed by atoms with E-state index in [9.17, 15) is 0 Å². The first kappa shape index (κ1) is 5.65. The Labute approximate surface area is 50.5 Å². The summed E-state index contributed by atoms with van der Waals surface area (Å²) < 4.78 is 0. The lowest BCUT2D eigenvalue weighted by Crippen LogP contribution is -2.33. The van der Waals surface area contributed by atoms with Crippen LogP contribution in [-0.2, 0) is 0 Å². The van der Waals surface area contributed by atoms with Gasteiger partial charge in [0, 0.05) is 0 Å². The molecule has 1 heterocycles. The van der Waals surface area contributed by atoms with Crippen molar-refractivity contribution in [2.24, 2.45) is 0 Å². The second-order valence-electron chi connectivity index (χ2n) is 2.51. The Hall–Kier alpha value is -0.480. The van der Waals surface area contributed by atoms with E-state index in [1.165, 1.54) is 6.42 Å². The summed E-state index contributed by atoms with van der Waals surface area (Å²) in [5.74, 6) is 2.73. The standard InChI is InChI=1S/C7H11N/c1-3-7(2)5-4-6-8-7/h1,8H,4-6H2,2H3. The summed E-state index contributed by atoms with van der Waals surface area (Å²) in [6.45, 7) is 3.15. The van der Waals surface area contributed by atoms with E-state index in [1.54, 1.807) is 0 Å². The second-order valence-corrected chi connectivity index (χ2v) is 2.51. The van der Waals surface area contributed by atoms with Gasteiger partial charge >= 0.3 is 0 Å². The van der Waals surface area contributed by atoms with E-state index in [1.807, 2.05) is 0 Å². The van der Waals surface area contributed by atoms with Crippen LogP contribution in [0.1, 0.15) is 19.8 Å². The van der Waals surface area contributed by atoms with Crippen molar-refractivity contribution in [3.8, 4) is 12.3 Å². The van der Waals surface area contributed by atoms with Crippen LogP contribution in [0.2, 0.25) is 0 Å². The zero-order chi connectivity index (χ0) is 6.04. The average Bonchev–Trinajstić information content (AvgIpc) is 2.17. The van der Waals surface area contributed by atoms with E-state index >= 15 is 0 Å². The molecule has 0 aliphatic carbocycles. The third kappa shape index (κ3) is 0.850. The number of rotatable bonds is 0. The lowest BCUT2D eigenvalue weighted by atomic mass is 10.0. The Kier molecular flexibility index (Phi) is 1.27. The molecule has 0 bridgehead atoms. The van der Waals surface area contributed by atoms with E-state index in [2.05, 4.69) is 18.2 Å². The van der Waals surface area contributed by atoms with Crippen molar-refractivity contribution in [3.63, 3.8) is 0 Å². The number of nitrogens with one attached hydrogen (secondary N) is 1. The molecule has 1 heteroatoms. The molecule has 8 heavy (non-hydrogen) atoms. The summed E-state index contributed by atoms with van der Waals surface area (Å²) in [7, 11) is 0. The van der Waals surface area contributed by atoms with Crippen LogP contribution in [0.4, 0.5) is 0 Å². The van der Waals surface area contributed by atoms with Gasteiger partial charge in [0.2, 0.25) is 0 Å². The molecule has 1 atom stereocenters. The molecule has 0 saturated carbocycles. The SMILES string of the molecule is C#CC1(C)CCCN1. The first-order valence-electron chi connectivity index (χ1n) is 3.00. The molecule has 1 aliphatic heterocycles. The Morgan fingerprint density at radius 1 is 1.75 bits per heavy atom. The Morgan fingerprint density at radius 3 is 2.75 bits per heavy atom. The topological polar surface area (TPSA) is 12.0 Å². The van der Waals surface area contributed by atoms with Gasteiger partial charge in [0.1, 0.15) is 0 Å². The maximum Gasteiger partial charge on any atom is 0.0770 e. The Bertz CT molecular complexity index is 115. The van der Waals surface area contributed by atoms with Crippen LogP contribution in [0.15, 0.2) is 0 Å². The first-order chi connectivity index (χ1) is 3.77. The highest BCUT2D eigenvalue weighted by molar-refractivity contribution is 5.12. The van der Waals surface area contributed by atoms with Crippen molar-refractivity contribution in [3.05, 3.63) is 0 Å². The molecule has 0 aromatic heterocycles. The highest BCUT2D eigenvalue weighted by Crippen LogP contribution is 2.15. The van der Waals surface area contributed by atoms with E-state index in [0.29, 0.717) is 0 Å². The van der Waals surface area contributed by atoms with Crippen LogP contribution in [0.5, 0.6) is 0 Å². The molecule has 1 rings (SSSR count). The molecular formula is C7H11N. The largest absolute Gasteiger partial charge is 0.301 e. The van der Waals surface area contributed by atoms with Crippen molar-refractivity contribution in [1.29, 1.82) is 0 Å². The predicted molar refractivity (Wildman–Crippen MR) is 34.5 cm³/mol. The van der Waals surface area contributed by atoms with Crippen LogP contribution in [0.3, 0.4) is 0 Å². The highest BCUT2D eigenvalue weighted by atomic mass is 15.0. The van der Waals surface area contributed by atoms with E-state index in [0.717, 1.165) is 13.0 Å². The lowest BCUT2D eigenvalue weighted by molar-refractivity contribution is 0.541. The molecule has 0 amide bonds. The molecule has 1 nitrogen and oxygen atoms in total. The van der Waals surface area contributed by atoms with Crippen LogP contribution < -0.4 is 5.32 Å². The van der Waals surface area contributed by atoms with Gasteiger partial charge in [-0.2, -0.15) is 0 Å². The van der Waals surface area contributed by atoms with E-state index in [4.69, 9.17) is 6.42 Å². The zero-order valence-corrected chi connectivity index (χ0v) is 5.20. The van der Waals surface area contributed by atoms with E-state index < -0.39 is 0 Å². The average molecular weight is 109 g/mol. The maximum atomic E-state index is 5.26. The molecule has 0 aromatic rings. The van der Waals surface area contributed by atoms with Gasteiger partial charge in [0.05, 0.1) is 5.54 Å². The van der Waals surface area contributed by atoms with Crippen LogP contribution in [0.25, 0.3) is 0 Å². The van der Waals surface area contributed by atoms with Gasteiger partial charge in [-0.15, -0.1) is 6.42 Å². The Balaban J connectivity index is 2.56. The molecule has 1 unspecified atom stereocenters. The van der Waals surface area contributed by atoms with Gasteiger partial charge in [-0.3, -0.25) is 0 Å². The smallest absolute Gasteiger partial charge is 0.0770 e. The molecule has 44 valence electrons. The fraction of sp³-hybridized carbons (Fsp3) is 0.714. The summed E-state index contributed by atoms with van der Waals surface area (Å²) in [5.41, 5.74) is 0.0139. The van der Waals surface area contributed by atoms with Gasteiger partial charge in [-0.1, -0.05) is 5.92 Å². The molecule has 0 spiro atoms. The van der Waals surface area contributed by atoms with Crippen LogP contribution in [0, 0.1) is 12.3 Å². The Morgan fingerprint density at radius 2 is 2.50 bits per heavy atom. The first-order valence-corrected chi connectivity index (χ1v) is 3.00. The van der Waals surface area contributed by atoms with Gasteiger partial charge in [-0.05, 0) is 26.3 Å². The summed E-state index contributed by atoms with van der Waals surface area (Å²) in [6.07, 6.45) is 7.61. The maximum absolute atomic E-state index is 5.26. The quantitative estimate of drug-likeness (QED) is 0.453. The third-order valence-corrected chi connectivity index (χ3v) is 1.69. The fourth-order valence-corrected chi connectivity index (χ4v) is 1.02. The van der Waals surface area contributed by atoms with Gasteiger partial charge < -0.3 is 5.32 Å². The third-order valence-electron chi connectivity index (χ3n) is 1.69. The van der Waals surface area contributed by atoms with Crippen molar-refractivity contribution < 1.29 is 0 Å². The minimum Gasteiger partial charge on any atom is -0.301 e. The summed E-state index contributed by atoms with van der Waals surface area (Å²) >= 11 is 0. The van der Waals surface area contributed by atoms with Gasteiger partial charge in [0.15, 0.2) is 0 Å². The molecular weight excluding hydrogens is 98.1 g/mol. The fourth-order valence-electron chi connectivity index (χ4n) is 1.02. The predicted octanol–water partition coefficient (Wildman–Crippen LogP) is 0.762. The summed E-state index contributed by atoms with van der Waals surface area (Å²) in [4.78, 5) is 0. The summed E-state index contributed by atoms with van der Waals surface area (Å²) in [6, 6.07) is 0. The van der Waals surface area contributed by atoms with Crippen LogP contribution in [-0.4, -0.2) is 12.1 Å². The number of hydrogen-bond donors (Lipinski definition) is 1. The van der Waals surface area contributed by atoms with Crippen molar-refractivity contribution in [1.82, 2.24) is 5.32 Å². The monoisotopic (exact) mass is 109 g/mol. The van der Waals surface area contributed by atoms with Crippen LogP contribution >= 0.6 is 0 Å². The molecule has 0 radical (unpaired) electrons. The second kappa shape index (κ2) is 1.80. The van der Waals surface area contributed by atoms with Gasteiger partial charge in [0.25, 0.3) is 0 Å². The molecule has 1 fully saturated rings. The molecule has 1 N–H and O–H groups in total. The normalized spacial score (nSPS) is 37.0. The van der Waals surface area contributed by atoms with Crippen molar-refractivity contribution in [2.75, 3.05) is 6.54 Å². The highest BCUT2D eigenvalue weighted by Gasteiger charge is 2.24. The molecule has 1 saturated heterocycles. The minimum atomic E-state index is 0.0139. The lowest BCUT2D eigenvalue weighted by Gasteiger charge is -2.14. The van der Waals surface area contributed by atoms with E-state index in [-0.39, 0.29) is 5.54 Å². The molecule has 1 aliphatic rings. The molecule has 0 aromatic carbocycles. The summed E-state index contributed by atoms with van der Waals surface area (Å²) in [5, 5.41) is 3.25. The van der Waals surface area contributed by atoms with Crippen molar-refractivity contribution >= 4 is 0 Å². The van der Waals surface area contributed by atoms with Crippen molar-refractivity contribution in [2.45, 2.75) is 25.3 Å².